The lowest BCUT2D eigenvalue weighted by Crippen LogP contribution is -2.24. The van der Waals surface area contributed by atoms with Crippen molar-refractivity contribution in [1.82, 2.24) is 0 Å². The van der Waals surface area contributed by atoms with Crippen molar-refractivity contribution in [2.45, 2.75) is 186 Å². The summed E-state index contributed by atoms with van der Waals surface area (Å²) in [4.78, 5) is 36.1. The molecule has 15 rings (SSSR count). The lowest BCUT2D eigenvalue weighted by atomic mass is 9.72. The summed E-state index contributed by atoms with van der Waals surface area (Å²) in [6.45, 7) is 46.0. The molecule has 0 aromatic heterocycles. The van der Waals surface area contributed by atoms with E-state index in [1.54, 1.807) is 12.1 Å². The van der Waals surface area contributed by atoms with Gasteiger partial charge in [0.1, 0.15) is 46.0 Å². The fourth-order valence-electron chi connectivity index (χ4n) is 19.8. The van der Waals surface area contributed by atoms with Crippen LogP contribution in [0.1, 0.15) is 207 Å². The van der Waals surface area contributed by atoms with Gasteiger partial charge >= 0.3 is 11.9 Å². The Kier molecular flexibility index (Phi) is 19.3. The van der Waals surface area contributed by atoms with Crippen LogP contribution >= 0.6 is 0 Å². The quantitative estimate of drug-likeness (QED) is 0.0300. The van der Waals surface area contributed by atoms with Crippen molar-refractivity contribution in [2.75, 3.05) is 42.9 Å². The molecule has 0 spiro atoms. The van der Waals surface area contributed by atoms with Crippen LogP contribution in [0.4, 0.5) is 28.4 Å². The van der Waals surface area contributed by atoms with Gasteiger partial charge in [0.2, 0.25) is 0 Å². The van der Waals surface area contributed by atoms with Gasteiger partial charge in [0.25, 0.3) is 0 Å². The van der Waals surface area contributed by atoms with Gasteiger partial charge in [0, 0.05) is 100 Å². The zero-order chi connectivity index (χ0) is 81.6. The maximum absolute atomic E-state index is 14.7. The van der Waals surface area contributed by atoms with E-state index in [9.17, 15) is 9.59 Å². The van der Waals surface area contributed by atoms with Crippen LogP contribution in [0.2, 0.25) is 0 Å². The molecule has 1 aliphatic heterocycles. The average Bonchev–Trinajstić information content (AvgIpc) is 0.674. The normalized spacial score (nSPS) is 13.5. The molecule has 0 radical (unpaired) electrons. The van der Waals surface area contributed by atoms with Crippen molar-refractivity contribution in [3.8, 4) is 46.0 Å². The van der Waals surface area contributed by atoms with Gasteiger partial charge in [-0.05, 0) is 245 Å². The molecule has 0 N–H and O–H groups in total. The number of ether oxygens (including phenoxy) is 5. The molecule has 10 heteroatoms. The molecule has 0 atom stereocenters. The molecule has 14 aromatic rings. The summed E-state index contributed by atoms with van der Waals surface area (Å²) in [5.41, 5.74) is 10.1. The number of carbonyl (C=O) groups excluding carboxylic acids is 2. The van der Waals surface area contributed by atoms with Gasteiger partial charge in [-0.2, -0.15) is 0 Å². The molecule has 0 aliphatic carbocycles. The Balaban J connectivity index is 1.08. The molecule has 14 aromatic carbocycles. The van der Waals surface area contributed by atoms with E-state index < -0.39 is 11.9 Å². The van der Waals surface area contributed by atoms with Gasteiger partial charge in [0.15, 0.2) is 0 Å². The second kappa shape index (κ2) is 28.0. The molecule has 586 valence electrons. The minimum Gasteiger partial charge on any atom is -0.457 e. The first-order valence-electron chi connectivity index (χ1n) is 40.6. The van der Waals surface area contributed by atoms with Crippen LogP contribution in [0.3, 0.4) is 0 Å². The molecule has 0 amide bonds. The third-order valence-corrected chi connectivity index (χ3v) is 23.2. The van der Waals surface area contributed by atoms with Crippen molar-refractivity contribution in [3.05, 3.63) is 234 Å². The van der Waals surface area contributed by atoms with Crippen LogP contribution in [-0.2, 0) is 26.4 Å². The molecule has 114 heavy (non-hydrogen) atoms. The number of hydrogen-bond acceptors (Lipinski definition) is 10. The van der Waals surface area contributed by atoms with E-state index in [1.807, 2.05) is 24.3 Å². The maximum Gasteiger partial charge on any atom is 0.346 e. The Morgan fingerprint density at radius 2 is 0.526 bits per heavy atom. The number of cyclic esters (lactones) is 2. The second-order valence-corrected chi connectivity index (χ2v) is 40.4. The van der Waals surface area contributed by atoms with Crippen molar-refractivity contribution in [1.29, 1.82) is 0 Å². The summed E-state index contributed by atoms with van der Waals surface area (Å²) in [5.74, 6) is 3.17. The largest absolute Gasteiger partial charge is 0.457 e. The zero-order valence-corrected chi connectivity index (χ0v) is 71.6. The lowest BCUT2D eigenvalue weighted by molar-refractivity contribution is 0.0390. The number of fused-ring (bicyclic) bond motifs is 4. The Morgan fingerprint density at radius 1 is 0.263 bits per heavy atom. The highest BCUT2D eigenvalue weighted by Crippen LogP contribution is 2.59. The van der Waals surface area contributed by atoms with Gasteiger partial charge in [-0.25, -0.2) is 9.59 Å². The zero-order valence-electron chi connectivity index (χ0n) is 71.6. The van der Waals surface area contributed by atoms with Gasteiger partial charge in [-0.1, -0.05) is 211 Å². The molecule has 0 bridgehead atoms. The van der Waals surface area contributed by atoms with Crippen LogP contribution in [-0.4, -0.2) is 40.1 Å². The highest BCUT2D eigenvalue weighted by molar-refractivity contribution is 6.46. The number of carbonyl (C=O) groups is 2. The summed E-state index contributed by atoms with van der Waals surface area (Å²) < 4.78 is 35.8. The SMILES string of the molecule is CN(C)c1ccc(N(c2ccc(N(C)C)cc2)c2cc(Oc3ccc(C(C)(C)CC(C)(C)C)cc3)c3c4ccc5c6c(Oc7ccc(C(C)(C)CC(C)(C)C)cc7)cc7c8c(cc(Oc9ccc(C(C)(C)CC(C)(C)C)cc9)c(c9ccc(c%10c(Oc%11ccc(C(C)(C)CC(C)(C)C)cc%11)ccc2c%103)c4c95)c86)C(=O)OC7=O)cc1. The lowest BCUT2D eigenvalue weighted by Gasteiger charge is -2.33. The van der Waals surface area contributed by atoms with Gasteiger partial charge in [0.05, 0.1) is 16.8 Å². The highest BCUT2D eigenvalue weighted by Gasteiger charge is 2.38. The molecule has 1 aliphatic rings. The molecule has 0 saturated heterocycles. The standard InChI is InChI=1S/C104H113N3O7/c1-97(2,3)58-101(13,14)62-25-41-70(42-26-62)110-82-54-53-74-81(107(68-37-33-66(34-38-68)105(21)22)69-39-35-67(36-40-69)106(23)24)57-85(113-73-47-31-65(32-48-73)104(19,20)61-100(10,11)12)90-76-50-52-78-87-77(51-49-75(86(76)87)89(82)93(74)90)91-83(111-71-43-27-63(28-44-71)102(15,16)59-98(4,5)6)55-79-88-80(96(109)114-95(79)108)56-84(92(78)94(88)91)112-72-45-29-64(30-46-72)103(17,18)60-99(7,8)9/h25-57H,58-61H2,1-24H3. The van der Waals surface area contributed by atoms with E-state index in [4.69, 9.17) is 23.7 Å². The predicted molar refractivity (Wildman–Crippen MR) is 479 cm³/mol. The Hall–Kier alpha value is -10.8. The van der Waals surface area contributed by atoms with Crippen molar-refractivity contribution >= 4 is 116 Å². The van der Waals surface area contributed by atoms with Crippen LogP contribution in [0.15, 0.2) is 200 Å². The van der Waals surface area contributed by atoms with E-state index in [2.05, 4.69) is 345 Å². The van der Waals surface area contributed by atoms with E-state index in [0.717, 1.165) is 108 Å². The third kappa shape index (κ3) is 15.0. The molecular formula is C104H113N3O7. The van der Waals surface area contributed by atoms with Crippen molar-refractivity contribution < 1.29 is 33.3 Å². The Bertz CT molecular complexity index is 5790. The first-order chi connectivity index (χ1) is 53.4. The first-order valence-corrected chi connectivity index (χ1v) is 40.6. The minimum atomic E-state index is -0.752. The number of benzene rings is 14. The number of nitrogens with zero attached hydrogens (tertiary/aromatic N) is 3. The fourth-order valence-corrected chi connectivity index (χ4v) is 19.8. The minimum absolute atomic E-state index is 0.0821. The van der Waals surface area contributed by atoms with E-state index >= 15 is 0 Å². The van der Waals surface area contributed by atoms with E-state index in [0.29, 0.717) is 67.5 Å². The molecule has 0 unspecified atom stereocenters. The summed E-state index contributed by atoms with van der Waals surface area (Å²) in [6.07, 6.45) is 3.91. The van der Waals surface area contributed by atoms with Gasteiger partial charge in [-0.3, -0.25) is 0 Å². The second-order valence-electron chi connectivity index (χ2n) is 40.4. The monoisotopic (exact) mass is 1520 g/mol. The molecule has 0 fully saturated rings. The van der Waals surface area contributed by atoms with Gasteiger partial charge < -0.3 is 38.4 Å². The topological polar surface area (TPSA) is 90.0 Å². The number of anilines is 5. The predicted octanol–water partition coefficient (Wildman–Crippen LogP) is 29.6. The van der Waals surface area contributed by atoms with Crippen molar-refractivity contribution in [3.63, 3.8) is 0 Å². The van der Waals surface area contributed by atoms with Gasteiger partial charge in [-0.15, -0.1) is 0 Å². The molecular weight excluding hydrogens is 1400 g/mol. The maximum atomic E-state index is 14.7. The van der Waals surface area contributed by atoms with Crippen LogP contribution in [0.25, 0.3) is 75.4 Å². The smallest absolute Gasteiger partial charge is 0.346 e. The van der Waals surface area contributed by atoms with Crippen LogP contribution in [0.5, 0.6) is 46.0 Å². The summed E-state index contributed by atoms with van der Waals surface area (Å²) >= 11 is 0. The third-order valence-electron chi connectivity index (χ3n) is 23.2. The summed E-state index contributed by atoms with van der Waals surface area (Å²) in [7, 11) is 8.29. The summed E-state index contributed by atoms with van der Waals surface area (Å²) in [6, 6.07) is 70.8. The first kappa shape index (κ1) is 78.4. The van der Waals surface area contributed by atoms with Crippen molar-refractivity contribution in [2.24, 2.45) is 21.7 Å². The molecule has 10 nitrogen and oxygen atoms in total. The fraction of sp³-hybridized carbons (Fsp3) is 0.346. The van der Waals surface area contributed by atoms with Crippen LogP contribution < -0.4 is 33.6 Å². The Morgan fingerprint density at radius 3 is 0.825 bits per heavy atom. The van der Waals surface area contributed by atoms with E-state index in [-0.39, 0.29) is 54.4 Å². The highest BCUT2D eigenvalue weighted by atomic mass is 16.6. The average molecular weight is 1520 g/mol. The van der Waals surface area contributed by atoms with Crippen LogP contribution in [0, 0.1) is 21.7 Å². The Labute approximate surface area is 675 Å². The molecule has 0 saturated carbocycles. The number of hydrogen-bond donors (Lipinski definition) is 0. The molecule has 1 heterocycles. The summed E-state index contributed by atoms with van der Waals surface area (Å²) in [5, 5.41) is 11.7. The van der Waals surface area contributed by atoms with E-state index in [1.165, 1.54) is 22.3 Å². The number of rotatable bonds is 21. The number of esters is 2.